The Labute approximate surface area is 126 Å². The van der Waals surface area contributed by atoms with Gasteiger partial charge < -0.3 is 15.2 Å². The van der Waals surface area contributed by atoms with E-state index in [2.05, 4.69) is 5.32 Å². The number of rotatable bonds is 7. The minimum Gasteiger partial charge on any atom is -0.497 e. The second-order valence-electron chi connectivity index (χ2n) is 5.28. The number of hydrogen-bond donors (Lipinski definition) is 2. The van der Waals surface area contributed by atoms with Gasteiger partial charge in [-0.25, -0.2) is 0 Å². The van der Waals surface area contributed by atoms with Crippen molar-refractivity contribution in [2.75, 3.05) is 7.11 Å². The van der Waals surface area contributed by atoms with Crippen molar-refractivity contribution in [1.82, 2.24) is 5.32 Å². The van der Waals surface area contributed by atoms with Crippen molar-refractivity contribution in [3.63, 3.8) is 0 Å². The lowest BCUT2D eigenvalue weighted by molar-refractivity contribution is 0.134. The summed E-state index contributed by atoms with van der Waals surface area (Å²) in [5.74, 6) is 0.854. The van der Waals surface area contributed by atoms with Crippen molar-refractivity contribution < 1.29 is 9.84 Å². The zero-order chi connectivity index (χ0) is 15.1. The van der Waals surface area contributed by atoms with E-state index in [0.717, 1.165) is 16.9 Å². The number of aliphatic hydroxyl groups is 1. The summed E-state index contributed by atoms with van der Waals surface area (Å²) in [4.78, 5) is 0. The van der Waals surface area contributed by atoms with Gasteiger partial charge in [0.05, 0.1) is 13.2 Å². The Balaban J connectivity index is 1.84. The monoisotopic (exact) mass is 285 g/mol. The van der Waals surface area contributed by atoms with Crippen LogP contribution in [0.5, 0.6) is 5.75 Å². The summed E-state index contributed by atoms with van der Waals surface area (Å²) >= 11 is 0. The molecule has 2 unspecified atom stereocenters. The van der Waals surface area contributed by atoms with E-state index in [1.54, 1.807) is 7.11 Å². The molecule has 3 nitrogen and oxygen atoms in total. The van der Waals surface area contributed by atoms with E-state index in [1.807, 2.05) is 61.5 Å². The highest BCUT2D eigenvalue weighted by Gasteiger charge is 2.14. The summed E-state index contributed by atoms with van der Waals surface area (Å²) in [6.45, 7) is 2.72. The molecule has 0 aliphatic heterocycles. The molecule has 3 heteroatoms. The Hall–Kier alpha value is -1.84. The van der Waals surface area contributed by atoms with Gasteiger partial charge in [0.25, 0.3) is 0 Å². The lowest BCUT2D eigenvalue weighted by atomic mass is 10.0. The van der Waals surface area contributed by atoms with Gasteiger partial charge in [0.15, 0.2) is 0 Å². The molecule has 0 aliphatic carbocycles. The van der Waals surface area contributed by atoms with Crippen LogP contribution in [0.1, 0.15) is 18.1 Å². The number of nitrogens with one attached hydrogen (secondary N) is 1. The quantitative estimate of drug-likeness (QED) is 0.822. The molecule has 2 rings (SSSR count). The van der Waals surface area contributed by atoms with Gasteiger partial charge in [-0.2, -0.15) is 0 Å². The maximum Gasteiger partial charge on any atom is 0.119 e. The maximum atomic E-state index is 10.3. The second-order valence-corrected chi connectivity index (χ2v) is 5.28. The fourth-order valence-electron chi connectivity index (χ4n) is 2.23. The summed E-state index contributed by atoms with van der Waals surface area (Å²) in [6, 6.07) is 18.0. The molecular weight excluding hydrogens is 262 g/mol. The second kappa shape index (κ2) is 7.81. The van der Waals surface area contributed by atoms with Crippen molar-refractivity contribution in [1.29, 1.82) is 0 Å². The number of methoxy groups -OCH3 is 1. The highest BCUT2D eigenvalue weighted by molar-refractivity contribution is 5.28. The number of benzene rings is 2. The topological polar surface area (TPSA) is 41.5 Å². The van der Waals surface area contributed by atoms with Gasteiger partial charge in [-0.1, -0.05) is 42.5 Å². The Bertz CT molecular complexity index is 542. The Kier molecular flexibility index (Phi) is 5.78. The molecule has 2 aromatic rings. The van der Waals surface area contributed by atoms with E-state index in [-0.39, 0.29) is 6.04 Å². The molecule has 0 aromatic heterocycles. The highest BCUT2D eigenvalue weighted by Crippen LogP contribution is 2.13. The van der Waals surface area contributed by atoms with Crippen molar-refractivity contribution in [3.8, 4) is 5.75 Å². The average molecular weight is 285 g/mol. The molecule has 21 heavy (non-hydrogen) atoms. The molecule has 2 aromatic carbocycles. The molecule has 0 saturated heterocycles. The van der Waals surface area contributed by atoms with Crippen molar-refractivity contribution in [2.45, 2.75) is 32.0 Å². The third kappa shape index (κ3) is 4.88. The van der Waals surface area contributed by atoms with Crippen LogP contribution in [0.4, 0.5) is 0 Å². The summed E-state index contributed by atoms with van der Waals surface area (Å²) in [5, 5.41) is 13.6. The van der Waals surface area contributed by atoms with Gasteiger partial charge in [0.1, 0.15) is 5.75 Å². The molecule has 0 aliphatic rings. The smallest absolute Gasteiger partial charge is 0.119 e. The normalized spacial score (nSPS) is 13.7. The van der Waals surface area contributed by atoms with E-state index < -0.39 is 6.10 Å². The number of ether oxygens (including phenoxy) is 1. The lowest BCUT2D eigenvalue weighted by Gasteiger charge is -2.20. The largest absolute Gasteiger partial charge is 0.497 e. The summed E-state index contributed by atoms with van der Waals surface area (Å²) < 4.78 is 5.21. The SMILES string of the molecule is COc1cccc(CNC(C)C(O)Cc2ccccc2)c1. The molecule has 0 amide bonds. The third-order valence-electron chi connectivity index (χ3n) is 3.63. The highest BCUT2D eigenvalue weighted by atomic mass is 16.5. The van der Waals surface area contributed by atoms with Gasteiger partial charge in [-0.05, 0) is 36.6 Å². The van der Waals surface area contributed by atoms with E-state index in [9.17, 15) is 5.11 Å². The first-order chi connectivity index (χ1) is 10.2. The van der Waals surface area contributed by atoms with Crippen LogP contribution in [-0.4, -0.2) is 24.4 Å². The molecule has 0 bridgehead atoms. The minimum atomic E-state index is -0.405. The first-order valence-corrected chi connectivity index (χ1v) is 7.27. The molecule has 2 N–H and O–H groups in total. The van der Waals surface area contributed by atoms with Crippen LogP contribution in [-0.2, 0) is 13.0 Å². The van der Waals surface area contributed by atoms with E-state index in [0.29, 0.717) is 13.0 Å². The molecule has 112 valence electrons. The number of hydrogen-bond acceptors (Lipinski definition) is 3. The van der Waals surface area contributed by atoms with Gasteiger partial charge in [0, 0.05) is 12.6 Å². The maximum absolute atomic E-state index is 10.3. The predicted octanol–water partition coefficient (Wildman–Crippen LogP) is 2.78. The van der Waals surface area contributed by atoms with Crippen molar-refractivity contribution in [2.24, 2.45) is 0 Å². The van der Waals surface area contributed by atoms with Gasteiger partial charge in [-0.3, -0.25) is 0 Å². The number of aliphatic hydroxyl groups excluding tert-OH is 1. The van der Waals surface area contributed by atoms with Crippen molar-refractivity contribution in [3.05, 3.63) is 65.7 Å². The van der Waals surface area contributed by atoms with E-state index in [1.165, 1.54) is 0 Å². The van der Waals surface area contributed by atoms with Gasteiger partial charge >= 0.3 is 0 Å². The van der Waals surface area contributed by atoms with Crippen LogP contribution < -0.4 is 10.1 Å². The Morgan fingerprint density at radius 3 is 2.48 bits per heavy atom. The fourth-order valence-corrected chi connectivity index (χ4v) is 2.23. The van der Waals surface area contributed by atoms with Crippen LogP contribution >= 0.6 is 0 Å². The van der Waals surface area contributed by atoms with Crippen LogP contribution in [0, 0.1) is 0 Å². The molecule has 0 spiro atoms. The van der Waals surface area contributed by atoms with Gasteiger partial charge in [0.2, 0.25) is 0 Å². The van der Waals surface area contributed by atoms with E-state index in [4.69, 9.17) is 4.74 Å². The first-order valence-electron chi connectivity index (χ1n) is 7.27. The summed E-state index contributed by atoms with van der Waals surface area (Å²) in [5.41, 5.74) is 2.30. The van der Waals surface area contributed by atoms with Crippen LogP contribution in [0.2, 0.25) is 0 Å². The molecule has 0 fully saturated rings. The van der Waals surface area contributed by atoms with Crippen LogP contribution in [0.15, 0.2) is 54.6 Å². The Morgan fingerprint density at radius 2 is 1.76 bits per heavy atom. The summed E-state index contributed by atoms with van der Waals surface area (Å²) in [7, 11) is 1.67. The zero-order valence-electron chi connectivity index (χ0n) is 12.6. The zero-order valence-corrected chi connectivity index (χ0v) is 12.6. The molecule has 0 heterocycles. The summed E-state index contributed by atoms with van der Waals surface area (Å²) in [6.07, 6.45) is 0.255. The lowest BCUT2D eigenvalue weighted by Crippen LogP contribution is -2.38. The van der Waals surface area contributed by atoms with Crippen LogP contribution in [0.25, 0.3) is 0 Å². The van der Waals surface area contributed by atoms with E-state index >= 15 is 0 Å². The van der Waals surface area contributed by atoms with Gasteiger partial charge in [-0.15, -0.1) is 0 Å². The predicted molar refractivity (Wildman–Crippen MR) is 85.4 cm³/mol. The molecule has 0 radical (unpaired) electrons. The first kappa shape index (κ1) is 15.5. The average Bonchev–Trinajstić information content (AvgIpc) is 2.53. The van der Waals surface area contributed by atoms with Crippen molar-refractivity contribution >= 4 is 0 Å². The Morgan fingerprint density at radius 1 is 1.05 bits per heavy atom. The standard InChI is InChI=1S/C18H23NO2/c1-14(18(20)12-15-7-4-3-5-8-15)19-13-16-9-6-10-17(11-16)21-2/h3-11,14,18-20H,12-13H2,1-2H3. The van der Waals surface area contributed by atoms with Crippen LogP contribution in [0.3, 0.4) is 0 Å². The minimum absolute atomic E-state index is 0.0245. The molecular formula is C18H23NO2. The third-order valence-corrected chi connectivity index (χ3v) is 3.63. The molecule has 2 atom stereocenters. The fraction of sp³-hybridized carbons (Fsp3) is 0.333. The molecule has 0 saturated carbocycles.